The van der Waals surface area contributed by atoms with Crippen molar-refractivity contribution < 1.29 is 22.8 Å². The van der Waals surface area contributed by atoms with Crippen LogP contribution in [0.15, 0.2) is 77.3 Å². The van der Waals surface area contributed by atoms with E-state index in [1.54, 1.807) is 18.2 Å². The SMILES string of the molecule is COC(=O)c1ccc(-c2noc(-c3nnn(-c4ccccc4F)c3-c3ccccc3)n2)c(F)c1. The molecule has 0 unspecified atom stereocenters. The van der Waals surface area contributed by atoms with Crippen molar-refractivity contribution in [1.29, 1.82) is 0 Å². The second-order valence-corrected chi connectivity index (χ2v) is 7.13. The van der Waals surface area contributed by atoms with Crippen LogP contribution in [0, 0.1) is 11.6 Å². The Morgan fingerprint density at radius 1 is 0.971 bits per heavy atom. The molecule has 0 saturated heterocycles. The van der Waals surface area contributed by atoms with Crippen LogP contribution in [0.1, 0.15) is 10.4 Å². The van der Waals surface area contributed by atoms with Gasteiger partial charge in [-0.05, 0) is 30.3 Å². The number of para-hydroxylation sites is 1. The molecular formula is C24H15F2N5O3. The molecule has 0 N–H and O–H groups in total. The summed E-state index contributed by atoms with van der Waals surface area (Å²) in [6, 6.07) is 19.0. The number of esters is 1. The van der Waals surface area contributed by atoms with Gasteiger partial charge in [0, 0.05) is 5.56 Å². The number of carbonyl (C=O) groups excluding carboxylic acids is 1. The van der Waals surface area contributed by atoms with Gasteiger partial charge in [0.2, 0.25) is 5.82 Å². The van der Waals surface area contributed by atoms with E-state index in [4.69, 9.17) is 4.52 Å². The zero-order valence-electron chi connectivity index (χ0n) is 17.6. The Morgan fingerprint density at radius 2 is 1.74 bits per heavy atom. The number of hydrogen-bond donors (Lipinski definition) is 0. The summed E-state index contributed by atoms with van der Waals surface area (Å²) in [6.07, 6.45) is 0. The van der Waals surface area contributed by atoms with Gasteiger partial charge in [-0.15, -0.1) is 5.10 Å². The molecule has 0 spiro atoms. The molecule has 5 rings (SSSR count). The first-order valence-electron chi connectivity index (χ1n) is 10.0. The van der Waals surface area contributed by atoms with Crippen LogP contribution in [-0.4, -0.2) is 38.2 Å². The van der Waals surface area contributed by atoms with Crippen molar-refractivity contribution in [3.63, 3.8) is 0 Å². The Labute approximate surface area is 191 Å². The molecule has 8 nitrogen and oxygen atoms in total. The molecule has 0 fully saturated rings. The summed E-state index contributed by atoms with van der Waals surface area (Å²) in [4.78, 5) is 15.9. The number of ether oxygens (including phenoxy) is 1. The van der Waals surface area contributed by atoms with Gasteiger partial charge in [-0.25, -0.2) is 18.3 Å². The van der Waals surface area contributed by atoms with E-state index in [1.807, 2.05) is 30.3 Å². The zero-order chi connectivity index (χ0) is 23.7. The third-order valence-corrected chi connectivity index (χ3v) is 5.06. The van der Waals surface area contributed by atoms with Gasteiger partial charge in [-0.3, -0.25) is 0 Å². The molecule has 0 atom stereocenters. The van der Waals surface area contributed by atoms with Crippen molar-refractivity contribution in [2.45, 2.75) is 0 Å². The Bertz CT molecular complexity index is 1500. The first-order chi connectivity index (χ1) is 16.6. The number of benzene rings is 3. The van der Waals surface area contributed by atoms with Crippen LogP contribution < -0.4 is 0 Å². The van der Waals surface area contributed by atoms with E-state index in [2.05, 4.69) is 25.2 Å². The Morgan fingerprint density at radius 3 is 2.47 bits per heavy atom. The predicted molar refractivity (Wildman–Crippen MR) is 117 cm³/mol. The molecule has 0 radical (unpaired) electrons. The van der Waals surface area contributed by atoms with Crippen molar-refractivity contribution in [3.8, 4) is 39.9 Å². The molecule has 2 heterocycles. The van der Waals surface area contributed by atoms with E-state index in [0.717, 1.165) is 6.07 Å². The molecule has 0 amide bonds. The van der Waals surface area contributed by atoms with Gasteiger partial charge in [0.15, 0.2) is 5.69 Å². The molecule has 0 aliphatic carbocycles. The number of carbonyl (C=O) groups is 1. The molecule has 0 aliphatic heterocycles. The molecule has 0 aliphatic rings. The third-order valence-electron chi connectivity index (χ3n) is 5.06. The summed E-state index contributed by atoms with van der Waals surface area (Å²) in [7, 11) is 1.21. The van der Waals surface area contributed by atoms with Crippen LogP contribution in [0.25, 0.3) is 39.9 Å². The summed E-state index contributed by atoms with van der Waals surface area (Å²) in [5, 5.41) is 12.1. The van der Waals surface area contributed by atoms with Crippen molar-refractivity contribution in [2.75, 3.05) is 7.11 Å². The normalized spacial score (nSPS) is 10.9. The van der Waals surface area contributed by atoms with Crippen LogP contribution in [0.2, 0.25) is 0 Å². The molecular weight excluding hydrogens is 444 g/mol. The van der Waals surface area contributed by atoms with Crippen LogP contribution in [-0.2, 0) is 4.74 Å². The average Bonchev–Trinajstić information content (AvgIpc) is 3.52. The van der Waals surface area contributed by atoms with E-state index in [9.17, 15) is 13.6 Å². The largest absolute Gasteiger partial charge is 0.465 e. The maximum Gasteiger partial charge on any atom is 0.337 e. The fraction of sp³-hybridized carbons (Fsp3) is 0.0417. The van der Waals surface area contributed by atoms with E-state index in [-0.39, 0.29) is 34.2 Å². The summed E-state index contributed by atoms with van der Waals surface area (Å²) in [6.45, 7) is 0. The number of methoxy groups -OCH3 is 1. The molecule has 0 bridgehead atoms. The number of halogens is 2. The summed E-state index contributed by atoms with van der Waals surface area (Å²) >= 11 is 0. The highest BCUT2D eigenvalue weighted by Gasteiger charge is 2.25. The zero-order valence-corrected chi connectivity index (χ0v) is 17.6. The minimum Gasteiger partial charge on any atom is -0.465 e. The van der Waals surface area contributed by atoms with Gasteiger partial charge >= 0.3 is 5.97 Å². The fourth-order valence-corrected chi connectivity index (χ4v) is 3.44. The Hall–Kier alpha value is -4.73. The lowest BCUT2D eigenvalue weighted by Crippen LogP contribution is -2.02. The highest BCUT2D eigenvalue weighted by atomic mass is 19.1. The highest BCUT2D eigenvalue weighted by Crippen LogP contribution is 2.33. The fourth-order valence-electron chi connectivity index (χ4n) is 3.44. The van der Waals surface area contributed by atoms with Gasteiger partial charge in [0.05, 0.1) is 18.2 Å². The minimum absolute atomic E-state index is 0.0189. The summed E-state index contributed by atoms with van der Waals surface area (Å²) < 4.78 is 40.5. The maximum atomic E-state index is 14.7. The Balaban J connectivity index is 1.61. The lowest BCUT2D eigenvalue weighted by molar-refractivity contribution is 0.0600. The first-order valence-corrected chi connectivity index (χ1v) is 10.0. The van der Waals surface area contributed by atoms with Crippen molar-refractivity contribution in [3.05, 3.63) is 90.0 Å². The number of hydrogen-bond acceptors (Lipinski definition) is 7. The molecule has 3 aromatic carbocycles. The number of nitrogens with zero attached hydrogens (tertiary/aromatic N) is 5. The van der Waals surface area contributed by atoms with E-state index < -0.39 is 17.6 Å². The average molecular weight is 459 g/mol. The van der Waals surface area contributed by atoms with Gasteiger partial charge in [0.25, 0.3) is 5.89 Å². The topological polar surface area (TPSA) is 95.9 Å². The van der Waals surface area contributed by atoms with Gasteiger partial charge in [-0.1, -0.05) is 52.8 Å². The van der Waals surface area contributed by atoms with Gasteiger partial charge in [-0.2, -0.15) is 4.98 Å². The predicted octanol–water partition coefficient (Wildman–Crippen LogP) is 4.72. The smallest absolute Gasteiger partial charge is 0.337 e. The van der Waals surface area contributed by atoms with Crippen LogP contribution in [0.4, 0.5) is 8.78 Å². The van der Waals surface area contributed by atoms with Crippen LogP contribution in [0.5, 0.6) is 0 Å². The number of aromatic nitrogens is 5. The molecule has 168 valence electrons. The summed E-state index contributed by atoms with van der Waals surface area (Å²) in [5.74, 6) is -1.98. The first kappa shape index (κ1) is 21.1. The molecule has 5 aromatic rings. The van der Waals surface area contributed by atoms with E-state index in [0.29, 0.717) is 11.3 Å². The molecule has 2 aromatic heterocycles. The third kappa shape index (κ3) is 3.71. The van der Waals surface area contributed by atoms with Crippen molar-refractivity contribution in [1.82, 2.24) is 25.1 Å². The summed E-state index contributed by atoms with van der Waals surface area (Å²) in [5.41, 5.74) is 1.54. The lowest BCUT2D eigenvalue weighted by Gasteiger charge is -2.08. The Kier molecular flexibility index (Phi) is 5.38. The van der Waals surface area contributed by atoms with Crippen molar-refractivity contribution in [2.24, 2.45) is 0 Å². The molecule has 0 saturated carbocycles. The van der Waals surface area contributed by atoms with Gasteiger partial charge in [0.1, 0.15) is 23.0 Å². The second-order valence-electron chi connectivity index (χ2n) is 7.13. The van der Waals surface area contributed by atoms with Crippen molar-refractivity contribution >= 4 is 5.97 Å². The minimum atomic E-state index is -0.728. The quantitative estimate of drug-likeness (QED) is 0.351. The van der Waals surface area contributed by atoms with Crippen LogP contribution in [0.3, 0.4) is 0 Å². The van der Waals surface area contributed by atoms with Crippen LogP contribution >= 0.6 is 0 Å². The molecule has 10 heteroatoms. The van der Waals surface area contributed by atoms with E-state index in [1.165, 1.54) is 30.0 Å². The standard InChI is InChI=1S/C24H15F2N5O3/c1-33-24(32)15-11-12-16(18(26)13-15)22-27-23(34-29-22)20-21(14-7-3-2-4-8-14)31(30-28-20)19-10-6-5-9-17(19)25/h2-13H,1H3. The monoisotopic (exact) mass is 459 g/mol. The lowest BCUT2D eigenvalue weighted by atomic mass is 10.1. The van der Waals surface area contributed by atoms with E-state index >= 15 is 0 Å². The molecule has 34 heavy (non-hydrogen) atoms. The number of rotatable bonds is 5. The second kappa shape index (κ2) is 8.66. The maximum absolute atomic E-state index is 14.7. The highest BCUT2D eigenvalue weighted by molar-refractivity contribution is 5.90. The van der Waals surface area contributed by atoms with Gasteiger partial charge < -0.3 is 9.26 Å².